The molecule has 2 nitrogen and oxygen atoms in total. The van der Waals surface area contributed by atoms with Crippen molar-refractivity contribution in [1.29, 1.82) is 0 Å². The smallest absolute Gasteiger partial charge is 1.00 e. The van der Waals surface area contributed by atoms with Gasteiger partial charge < -0.3 is 35.3 Å². The summed E-state index contributed by atoms with van der Waals surface area (Å²) in [5.41, 5.74) is 8.60. The SMILES string of the molecule is CCC1=[C-]C(C)C=C1.C[SiH]C.[Cl-].[Cl-].[NH-]C(=O)C12CC3CC(CC(C3)C1)C2.[Ti+4]. The average Bonchev–Trinajstić information content (AvgIpc) is 2.93. The molecule has 1 N–H and O–H groups in total. The maximum atomic E-state index is 11.4. The summed E-state index contributed by atoms with van der Waals surface area (Å²) in [5, 5.41) is 0. The molecule has 4 saturated carbocycles. The Labute approximate surface area is 196 Å². The molecule has 151 valence electrons. The van der Waals surface area contributed by atoms with Crippen LogP contribution in [0.2, 0.25) is 13.1 Å². The zero-order valence-corrected chi connectivity index (χ0v) is 21.4. The predicted octanol–water partition coefficient (Wildman–Crippen LogP) is -0.362. The quantitative estimate of drug-likeness (QED) is 0.408. The Bertz CT molecular complexity index is 475. The Hall–Kier alpha value is 0.461. The molecule has 1 unspecified atom stereocenters. The van der Waals surface area contributed by atoms with Gasteiger partial charge in [0.2, 0.25) is 0 Å². The summed E-state index contributed by atoms with van der Waals surface area (Å²) in [7, 11) is 0.750. The van der Waals surface area contributed by atoms with E-state index in [4.69, 9.17) is 5.73 Å². The van der Waals surface area contributed by atoms with Gasteiger partial charge in [-0.1, -0.05) is 39.3 Å². The van der Waals surface area contributed by atoms with Crippen LogP contribution in [0, 0.1) is 35.2 Å². The van der Waals surface area contributed by atoms with Crippen LogP contribution < -0.4 is 24.8 Å². The van der Waals surface area contributed by atoms with E-state index in [1.54, 1.807) is 0 Å². The van der Waals surface area contributed by atoms with E-state index < -0.39 is 0 Å². The molecule has 5 rings (SSSR count). The van der Waals surface area contributed by atoms with Gasteiger partial charge in [0.05, 0.1) is 5.91 Å². The van der Waals surface area contributed by atoms with Gasteiger partial charge in [0.1, 0.15) is 0 Å². The van der Waals surface area contributed by atoms with E-state index in [1.807, 2.05) is 0 Å². The summed E-state index contributed by atoms with van der Waals surface area (Å²) < 4.78 is 0. The second-order valence-corrected chi connectivity index (χ2v) is 9.43. The Kier molecular flexibility index (Phi) is 15.0. The molecule has 0 aromatic heterocycles. The van der Waals surface area contributed by atoms with E-state index in [0.29, 0.717) is 5.92 Å². The molecule has 5 aliphatic carbocycles. The van der Waals surface area contributed by atoms with Gasteiger partial charge in [-0.15, -0.1) is 0 Å². The van der Waals surface area contributed by atoms with Crippen molar-refractivity contribution in [2.75, 3.05) is 0 Å². The Morgan fingerprint density at radius 1 is 1.15 bits per heavy atom. The molecule has 5 aliphatic rings. The average molecular weight is 463 g/mol. The summed E-state index contributed by atoms with van der Waals surface area (Å²) in [4.78, 5) is 11.4. The van der Waals surface area contributed by atoms with Gasteiger partial charge in [-0.05, 0) is 56.3 Å². The Morgan fingerprint density at radius 2 is 1.56 bits per heavy atom. The van der Waals surface area contributed by atoms with E-state index in [2.05, 4.69) is 45.2 Å². The molecule has 0 heterocycles. The zero-order chi connectivity index (χ0) is 17.7. The third kappa shape index (κ3) is 8.01. The molecule has 0 saturated heterocycles. The molecule has 1 atom stereocenters. The van der Waals surface area contributed by atoms with Crippen LogP contribution in [-0.2, 0) is 26.5 Å². The maximum Gasteiger partial charge on any atom is 4.00 e. The minimum absolute atomic E-state index is 0. The first-order chi connectivity index (χ1) is 11.4. The number of halogens is 2. The molecule has 27 heavy (non-hydrogen) atoms. The summed E-state index contributed by atoms with van der Waals surface area (Å²) >= 11 is 0. The van der Waals surface area contributed by atoms with E-state index in [9.17, 15) is 4.79 Å². The third-order valence-electron chi connectivity index (χ3n) is 5.90. The summed E-state index contributed by atoms with van der Waals surface area (Å²) in [6, 6.07) is 0. The van der Waals surface area contributed by atoms with Crippen molar-refractivity contribution in [3.05, 3.63) is 29.5 Å². The van der Waals surface area contributed by atoms with Gasteiger partial charge in [0, 0.05) is 14.9 Å². The molecule has 6 heteroatoms. The predicted molar refractivity (Wildman–Crippen MR) is 104 cm³/mol. The van der Waals surface area contributed by atoms with E-state index in [1.165, 1.54) is 24.8 Å². The van der Waals surface area contributed by atoms with Crippen LogP contribution in [0.15, 0.2) is 17.7 Å². The van der Waals surface area contributed by atoms with Gasteiger partial charge in [0.15, 0.2) is 0 Å². The zero-order valence-electron chi connectivity index (χ0n) is 17.2. The molecule has 0 aromatic rings. The number of amides is 1. The van der Waals surface area contributed by atoms with Gasteiger partial charge >= 0.3 is 21.7 Å². The molecule has 4 bridgehead atoms. The van der Waals surface area contributed by atoms with Crippen LogP contribution in [0.25, 0.3) is 5.73 Å². The first-order valence-electron chi connectivity index (χ1n) is 9.73. The van der Waals surface area contributed by atoms with Gasteiger partial charge in [-0.2, -0.15) is 6.08 Å². The van der Waals surface area contributed by atoms with E-state index in [0.717, 1.165) is 53.0 Å². The second kappa shape index (κ2) is 13.6. The van der Waals surface area contributed by atoms with Crippen LogP contribution in [0.3, 0.4) is 0 Å². The van der Waals surface area contributed by atoms with Crippen LogP contribution in [0.1, 0.15) is 58.8 Å². The van der Waals surface area contributed by atoms with Crippen LogP contribution in [0.5, 0.6) is 0 Å². The van der Waals surface area contributed by atoms with Crippen LogP contribution in [0.4, 0.5) is 0 Å². The first-order valence-corrected chi connectivity index (χ1v) is 12.0. The maximum absolute atomic E-state index is 11.4. The molecular weight excluding hydrogens is 429 g/mol. The van der Waals surface area contributed by atoms with Crippen molar-refractivity contribution in [3.8, 4) is 0 Å². The van der Waals surface area contributed by atoms with Crippen LogP contribution >= 0.6 is 0 Å². The van der Waals surface area contributed by atoms with Gasteiger partial charge in [-0.25, -0.2) is 11.6 Å². The number of carbonyl (C=O) groups is 1. The Morgan fingerprint density at radius 3 is 1.78 bits per heavy atom. The number of hydrogen-bond donors (Lipinski definition) is 0. The largest absolute Gasteiger partial charge is 4.00 e. The van der Waals surface area contributed by atoms with E-state index in [-0.39, 0.29) is 57.9 Å². The van der Waals surface area contributed by atoms with Crippen molar-refractivity contribution in [2.45, 2.75) is 71.9 Å². The standard InChI is InChI=1S/C11H17NO.C8H11.C2H7Si.2ClH.Ti/c12-10(13)11-4-7-1-8(5-11)3-9(2-7)6-11;1-3-8-5-4-7(2)6-8;1-3-2;;;/h7-9H,1-6H2,(H2,12,13);4-5,7H,3H2,1-2H3;3H,1-2H3;2*1H;/q;-1;;;;+4/p-3. The number of carbonyl (C=O) groups excluding carboxylic acids is 1. The van der Waals surface area contributed by atoms with E-state index >= 15 is 0 Å². The molecule has 1 amide bonds. The van der Waals surface area contributed by atoms with Gasteiger partial charge in [0.25, 0.3) is 0 Å². The number of nitrogens with one attached hydrogen (secondary N) is 1. The fourth-order valence-corrected chi connectivity index (χ4v) is 5.26. The first kappa shape index (κ1) is 29.7. The molecule has 0 aliphatic heterocycles. The number of allylic oxidation sites excluding steroid dienone is 4. The summed E-state index contributed by atoms with van der Waals surface area (Å²) in [5.74, 6) is 2.68. The summed E-state index contributed by atoms with van der Waals surface area (Å²) in [6.07, 6.45) is 16.0. The third-order valence-corrected chi connectivity index (χ3v) is 5.90. The molecule has 4 fully saturated rings. The Balaban J connectivity index is 0. The van der Waals surface area contributed by atoms with Crippen molar-refractivity contribution in [3.63, 3.8) is 0 Å². The topological polar surface area (TPSA) is 40.9 Å². The molecular formula is C21H34Cl2NOSiTi. The molecule has 0 aromatic carbocycles. The second-order valence-electron chi connectivity index (χ2n) is 8.28. The van der Waals surface area contributed by atoms with Crippen molar-refractivity contribution in [1.82, 2.24) is 0 Å². The van der Waals surface area contributed by atoms with Crippen molar-refractivity contribution in [2.24, 2.45) is 29.1 Å². The normalized spacial score (nSPS) is 33.7. The molecule has 1 radical (unpaired) electrons. The summed E-state index contributed by atoms with van der Waals surface area (Å²) in [6.45, 7) is 8.73. The van der Waals surface area contributed by atoms with Crippen molar-refractivity contribution >= 4 is 15.4 Å². The van der Waals surface area contributed by atoms with Gasteiger partial charge in [-0.3, -0.25) is 6.08 Å². The number of hydrogen-bond acceptors (Lipinski definition) is 1. The van der Waals surface area contributed by atoms with Crippen molar-refractivity contribution < 1.29 is 51.3 Å². The monoisotopic (exact) mass is 462 g/mol. The fraction of sp³-hybridized carbons (Fsp3) is 0.762. The fourth-order valence-electron chi connectivity index (χ4n) is 5.26. The number of rotatable bonds is 2. The molecule has 0 spiro atoms. The van der Waals surface area contributed by atoms with Crippen LogP contribution in [-0.4, -0.2) is 15.4 Å². The minimum atomic E-state index is -0.258. The minimum Gasteiger partial charge on any atom is -1.00 e.